The Hall–Kier alpha value is -1.61. The first-order valence-corrected chi connectivity index (χ1v) is 8.37. The molecule has 1 aromatic heterocycles. The third-order valence-electron chi connectivity index (χ3n) is 4.18. The van der Waals surface area contributed by atoms with Crippen LogP contribution in [-0.2, 0) is 0 Å². The molecule has 0 saturated carbocycles. The summed E-state index contributed by atoms with van der Waals surface area (Å²) in [7, 11) is 0. The van der Waals surface area contributed by atoms with E-state index < -0.39 is 0 Å². The van der Waals surface area contributed by atoms with E-state index in [9.17, 15) is 4.79 Å². The summed E-state index contributed by atoms with van der Waals surface area (Å²) in [4.78, 5) is 11.5. The zero-order valence-electron chi connectivity index (χ0n) is 13.2. The Morgan fingerprint density at radius 1 is 0.909 bits per heavy atom. The van der Waals surface area contributed by atoms with Gasteiger partial charge in [-0.2, -0.15) is 0 Å². The van der Waals surface area contributed by atoms with Gasteiger partial charge in [0.1, 0.15) is 11.2 Å². The van der Waals surface area contributed by atoms with Gasteiger partial charge >= 0.3 is 0 Å². The van der Waals surface area contributed by atoms with Crippen molar-refractivity contribution in [3.05, 3.63) is 45.4 Å². The molecule has 114 valence electrons. The van der Waals surface area contributed by atoms with Gasteiger partial charge < -0.3 is 4.42 Å². The number of fused-ring (bicyclic) bond motifs is 3. The number of hydrogen-bond acceptors (Lipinski definition) is 2. The van der Waals surface area contributed by atoms with Crippen molar-refractivity contribution in [1.82, 2.24) is 0 Å². The molecule has 0 spiro atoms. The number of rotatable bonds is 3. The molecule has 0 unspecified atom stereocenters. The number of carbonyl (C=O) groups is 1. The van der Waals surface area contributed by atoms with Gasteiger partial charge in [0.25, 0.3) is 0 Å². The predicted octanol–water partition coefficient (Wildman–Crippen LogP) is 6.41. The summed E-state index contributed by atoms with van der Waals surface area (Å²) in [6.07, 6.45) is 0.913. The zero-order chi connectivity index (χ0) is 16.0. The number of aldehydes is 1. The molecule has 0 fully saturated rings. The Morgan fingerprint density at radius 3 is 2.00 bits per heavy atom. The van der Waals surface area contributed by atoms with Gasteiger partial charge in [-0.15, -0.1) is 0 Å². The van der Waals surface area contributed by atoms with Crippen LogP contribution in [0, 0.1) is 0 Å². The Balaban J connectivity index is 2.58. The van der Waals surface area contributed by atoms with Gasteiger partial charge in [-0.05, 0) is 29.0 Å². The van der Waals surface area contributed by atoms with Gasteiger partial charge in [0.15, 0.2) is 6.29 Å². The SMILES string of the molecule is CC(C)c1ccc(Br)c2c1oc1c(C(C)C)ccc(C=O)c12. The number of hydrogen-bond donors (Lipinski definition) is 0. The minimum Gasteiger partial charge on any atom is -0.455 e. The van der Waals surface area contributed by atoms with Crippen molar-refractivity contribution in [2.24, 2.45) is 0 Å². The lowest BCUT2D eigenvalue weighted by Gasteiger charge is -2.07. The molecular weight excluding hydrogens is 340 g/mol. The first kappa shape index (κ1) is 15.3. The minimum absolute atomic E-state index is 0.338. The molecule has 0 amide bonds. The van der Waals surface area contributed by atoms with Crippen LogP contribution >= 0.6 is 15.9 Å². The van der Waals surface area contributed by atoms with Crippen molar-refractivity contribution < 1.29 is 9.21 Å². The van der Waals surface area contributed by atoms with Gasteiger partial charge in [-0.1, -0.05) is 61.8 Å². The molecule has 0 aliphatic carbocycles. The van der Waals surface area contributed by atoms with Gasteiger partial charge in [-0.3, -0.25) is 4.79 Å². The van der Waals surface area contributed by atoms with Crippen LogP contribution in [0.2, 0.25) is 0 Å². The molecule has 2 nitrogen and oxygen atoms in total. The molecule has 3 heteroatoms. The number of halogens is 1. The predicted molar refractivity (Wildman–Crippen MR) is 95.0 cm³/mol. The lowest BCUT2D eigenvalue weighted by atomic mass is 9.95. The van der Waals surface area contributed by atoms with E-state index in [1.165, 1.54) is 5.56 Å². The highest BCUT2D eigenvalue weighted by atomic mass is 79.9. The highest BCUT2D eigenvalue weighted by Gasteiger charge is 2.20. The Morgan fingerprint density at radius 2 is 1.45 bits per heavy atom. The molecule has 2 aromatic carbocycles. The van der Waals surface area contributed by atoms with E-state index in [0.717, 1.165) is 38.3 Å². The van der Waals surface area contributed by atoms with Crippen LogP contribution in [0.4, 0.5) is 0 Å². The summed E-state index contributed by atoms with van der Waals surface area (Å²) < 4.78 is 7.24. The summed E-state index contributed by atoms with van der Waals surface area (Å²) in [5.41, 5.74) is 4.71. The number of carbonyl (C=O) groups excluding carboxylic acids is 1. The maximum Gasteiger partial charge on any atom is 0.150 e. The van der Waals surface area contributed by atoms with E-state index in [2.05, 4.69) is 49.7 Å². The third kappa shape index (κ3) is 2.19. The molecule has 0 saturated heterocycles. The average Bonchev–Trinajstić information content (AvgIpc) is 2.86. The van der Waals surface area contributed by atoms with Crippen molar-refractivity contribution in [2.75, 3.05) is 0 Å². The van der Waals surface area contributed by atoms with E-state index >= 15 is 0 Å². The van der Waals surface area contributed by atoms with Crippen LogP contribution in [0.25, 0.3) is 21.9 Å². The van der Waals surface area contributed by atoms with Crippen LogP contribution in [0.5, 0.6) is 0 Å². The molecule has 0 aliphatic heterocycles. The van der Waals surface area contributed by atoms with Gasteiger partial charge in [0.05, 0.1) is 0 Å². The smallest absolute Gasteiger partial charge is 0.150 e. The Labute approximate surface area is 138 Å². The quantitative estimate of drug-likeness (QED) is 0.506. The molecule has 0 aliphatic rings. The van der Waals surface area contributed by atoms with E-state index in [1.54, 1.807) is 0 Å². The topological polar surface area (TPSA) is 30.2 Å². The van der Waals surface area contributed by atoms with Crippen molar-refractivity contribution in [2.45, 2.75) is 39.5 Å². The molecular formula is C19H19BrO2. The molecule has 0 N–H and O–H groups in total. The Bertz CT molecular complexity index is 872. The molecule has 0 atom stereocenters. The van der Waals surface area contributed by atoms with Crippen molar-refractivity contribution in [3.63, 3.8) is 0 Å². The summed E-state index contributed by atoms with van der Waals surface area (Å²) in [6.45, 7) is 8.58. The Kier molecular flexibility index (Phi) is 3.85. The van der Waals surface area contributed by atoms with Crippen LogP contribution in [0.3, 0.4) is 0 Å². The molecule has 1 heterocycles. The highest BCUT2D eigenvalue weighted by Crippen LogP contribution is 2.42. The highest BCUT2D eigenvalue weighted by molar-refractivity contribution is 9.10. The monoisotopic (exact) mass is 358 g/mol. The van der Waals surface area contributed by atoms with Crippen molar-refractivity contribution in [3.8, 4) is 0 Å². The second kappa shape index (κ2) is 5.54. The fraction of sp³-hybridized carbons (Fsp3) is 0.316. The minimum atomic E-state index is 0.338. The van der Waals surface area contributed by atoms with Crippen molar-refractivity contribution >= 4 is 44.2 Å². The molecule has 0 radical (unpaired) electrons. The van der Waals surface area contributed by atoms with Crippen LogP contribution in [0.1, 0.15) is 61.0 Å². The third-order valence-corrected chi connectivity index (χ3v) is 4.84. The number of benzene rings is 2. The molecule has 3 aromatic rings. The maximum atomic E-state index is 11.5. The summed E-state index contributed by atoms with van der Waals surface area (Å²) >= 11 is 3.63. The summed E-state index contributed by atoms with van der Waals surface area (Å²) in [5.74, 6) is 0.698. The molecule has 22 heavy (non-hydrogen) atoms. The van der Waals surface area contributed by atoms with E-state index in [0.29, 0.717) is 17.4 Å². The summed E-state index contributed by atoms with van der Waals surface area (Å²) in [5, 5.41) is 1.93. The van der Waals surface area contributed by atoms with Crippen LogP contribution in [0.15, 0.2) is 33.2 Å². The van der Waals surface area contributed by atoms with Crippen LogP contribution in [-0.4, -0.2) is 6.29 Å². The van der Waals surface area contributed by atoms with E-state index in [1.807, 2.05) is 18.2 Å². The average molecular weight is 359 g/mol. The molecule has 3 rings (SSSR count). The first-order chi connectivity index (χ1) is 10.5. The fourth-order valence-electron chi connectivity index (χ4n) is 3.01. The fourth-order valence-corrected chi connectivity index (χ4v) is 3.52. The second-order valence-corrected chi connectivity index (χ2v) is 7.17. The lowest BCUT2D eigenvalue weighted by molar-refractivity contribution is 0.112. The van der Waals surface area contributed by atoms with Gasteiger partial charge in [0.2, 0.25) is 0 Å². The van der Waals surface area contributed by atoms with Gasteiger partial charge in [0, 0.05) is 20.8 Å². The standard InChI is InChI=1S/C19H19BrO2/c1-10(2)13-6-5-12(9-21)16-17-15(20)8-7-14(11(3)4)19(17)22-18(13)16/h5-11H,1-4H3. The second-order valence-electron chi connectivity index (χ2n) is 6.32. The lowest BCUT2D eigenvalue weighted by Crippen LogP contribution is -1.91. The van der Waals surface area contributed by atoms with E-state index in [-0.39, 0.29) is 0 Å². The number of furan rings is 1. The summed E-state index contributed by atoms with van der Waals surface area (Å²) in [6, 6.07) is 8.04. The molecule has 0 bridgehead atoms. The van der Waals surface area contributed by atoms with Gasteiger partial charge in [-0.25, -0.2) is 0 Å². The zero-order valence-corrected chi connectivity index (χ0v) is 14.8. The van der Waals surface area contributed by atoms with Crippen molar-refractivity contribution in [1.29, 1.82) is 0 Å². The maximum absolute atomic E-state index is 11.5. The normalized spacial score (nSPS) is 12.0. The first-order valence-electron chi connectivity index (χ1n) is 7.58. The van der Waals surface area contributed by atoms with E-state index in [4.69, 9.17) is 4.42 Å². The van der Waals surface area contributed by atoms with Crippen LogP contribution < -0.4 is 0 Å². The largest absolute Gasteiger partial charge is 0.455 e.